The zero-order chi connectivity index (χ0) is 21.1. The Bertz CT molecular complexity index is 1010. The molecule has 1 heterocycles. The van der Waals surface area contributed by atoms with E-state index in [1.165, 1.54) is 23.1 Å². The van der Waals surface area contributed by atoms with Gasteiger partial charge in [0, 0.05) is 18.7 Å². The number of ketones is 1. The summed E-state index contributed by atoms with van der Waals surface area (Å²) in [7, 11) is 0. The number of nitrogens with zero attached hydrogens (tertiary/aromatic N) is 1. The van der Waals surface area contributed by atoms with Crippen LogP contribution >= 0.6 is 0 Å². The third-order valence-electron chi connectivity index (χ3n) is 7.61. The van der Waals surface area contributed by atoms with Crippen LogP contribution in [0.1, 0.15) is 66.4 Å². The lowest BCUT2D eigenvalue weighted by atomic mass is 9.88. The van der Waals surface area contributed by atoms with Crippen molar-refractivity contribution in [1.29, 1.82) is 0 Å². The molecular formula is C26H29NO3. The molecule has 5 rings (SSSR count). The molecule has 2 aliphatic carbocycles. The molecule has 2 aromatic rings. The van der Waals surface area contributed by atoms with E-state index in [0.717, 1.165) is 37.1 Å². The molecule has 156 valence electrons. The first-order chi connectivity index (χ1) is 14.3. The van der Waals surface area contributed by atoms with Gasteiger partial charge in [-0.1, -0.05) is 36.4 Å². The molecule has 4 nitrogen and oxygen atoms in total. The number of piperidine rings is 1. The summed E-state index contributed by atoms with van der Waals surface area (Å²) in [5, 5.41) is 10.1. The Morgan fingerprint density at radius 3 is 2.23 bits per heavy atom. The van der Waals surface area contributed by atoms with Crippen LogP contribution in [0.5, 0.6) is 0 Å². The number of rotatable bonds is 4. The molecule has 30 heavy (non-hydrogen) atoms. The Labute approximate surface area is 177 Å². The van der Waals surface area contributed by atoms with Crippen LogP contribution in [0.15, 0.2) is 42.5 Å². The topological polar surface area (TPSA) is 57.6 Å². The first-order valence-electron chi connectivity index (χ1n) is 11.1. The third-order valence-corrected chi connectivity index (χ3v) is 7.61. The van der Waals surface area contributed by atoms with E-state index in [4.69, 9.17) is 0 Å². The maximum absolute atomic E-state index is 12.4. The Kier molecular flexibility index (Phi) is 4.41. The average Bonchev–Trinajstić information content (AvgIpc) is 3.66. The second kappa shape index (κ2) is 6.78. The van der Waals surface area contributed by atoms with E-state index in [1.54, 1.807) is 6.92 Å². The SMILES string of the molecule is CC(=O)c1ccc(-c2ccc([C@H]3CC34CCN(C(=O)C3(O)CC3)CC4)cc2)c(C)c1. The zero-order valence-corrected chi connectivity index (χ0v) is 17.8. The fraction of sp³-hybridized carbons (Fsp3) is 0.462. The quantitative estimate of drug-likeness (QED) is 0.766. The van der Waals surface area contributed by atoms with Crippen LogP contribution in [0.25, 0.3) is 11.1 Å². The third kappa shape index (κ3) is 3.27. The van der Waals surface area contributed by atoms with Crippen LogP contribution in [0.2, 0.25) is 0 Å². The second-order valence-corrected chi connectivity index (χ2v) is 9.65. The van der Waals surface area contributed by atoms with E-state index in [-0.39, 0.29) is 11.7 Å². The summed E-state index contributed by atoms with van der Waals surface area (Å²) < 4.78 is 0. The molecule has 1 atom stereocenters. The minimum atomic E-state index is -1.04. The average molecular weight is 404 g/mol. The van der Waals surface area contributed by atoms with Crippen molar-refractivity contribution in [1.82, 2.24) is 4.90 Å². The fourth-order valence-electron chi connectivity index (χ4n) is 5.25. The smallest absolute Gasteiger partial charge is 0.254 e. The van der Waals surface area contributed by atoms with Crippen LogP contribution in [0, 0.1) is 12.3 Å². The first-order valence-corrected chi connectivity index (χ1v) is 11.1. The maximum Gasteiger partial charge on any atom is 0.254 e. The van der Waals surface area contributed by atoms with Crippen molar-refractivity contribution in [2.24, 2.45) is 5.41 Å². The molecule has 0 aromatic heterocycles. The van der Waals surface area contributed by atoms with Gasteiger partial charge in [0.15, 0.2) is 5.78 Å². The molecule has 3 fully saturated rings. The van der Waals surface area contributed by atoms with E-state index in [1.807, 2.05) is 23.1 Å². The molecule has 2 aromatic carbocycles. The monoisotopic (exact) mass is 403 g/mol. The molecule has 0 unspecified atom stereocenters. The van der Waals surface area contributed by atoms with Gasteiger partial charge in [-0.2, -0.15) is 0 Å². The van der Waals surface area contributed by atoms with Gasteiger partial charge in [-0.15, -0.1) is 0 Å². The van der Waals surface area contributed by atoms with Gasteiger partial charge in [-0.05, 0) is 85.6 Å². The van der Waals surface area contributed by atoms with Crippen LogP contribution < -0.4 is 0 Å². The Morgan fingerprint density at radius 1 is 1.00 bits per heavy atom. The lowest BCUT2D eigenvalue weighted by molar-refractivity contribution is -0.144. The molecule has 4 heteroatoms. The molecule has 1 amide bonds. The highest BCUT2D eigenvalue weighted by molar-refractivity contribution is 5.95. The van der Waals surface area contributed by atoms with Crippen LogP contribution in [0.4, 0.5) is 0 Å². The molecule has 1 spiro atoms. The fourth-order valence-corrected chi connectivity index (χ4v) is 5.25. The largest absolute Gasteiger partial charge is 0.380 e. The number of carbonyl (C=O) groups is 2. The Balaban J connectivity index is 1.25. The molecule has 0 bridgehead atoms. The standard InChI is InChI=1S/C26H29NO3/c1-17-15-21(18(2)28)7-8-22(17)19-3-5-20(6-4-19)23-16-25(23)11-13-27(14-12-25)24(29)26(30)9-10-26/h3-8,15,23,30H,9-14,16H2,1-2H3/t23-/m1/s1. The van der Waals surface area contributed by atoms with Crippen molar-refractivity contribution in [2.75, 3.05) is 13.1 Å². The number of aliphatic hydroxyl groups is 1. The Hall–Kier alpha value is -2.46. The highest BCUT2D eigenvalue weighted by Crippen LogP contribution is 2.65. The van der Waals surface area contributed by atoms with Gasteiger partial charge < -0.3 is 10.0 Å². The number of hydrogen-bond donors (Lipinski definition) is 1. The van der Waals surface area contributed by atoms with Gasteiger partial charge in [0.2, 0.25) is 0 Å². The summed E-state index contributed by atoms with van der Waals surface area (Å²) in [4.78, 5) is 25.9. The Morgan fingerprint density at radius 2 is 1.67 bits per heavy atom. The summed E-state index contributed by atoms with van der Waals surface area (Å²) in [6, 6.07) is 14.8. The normalized spacial score (nSPS) is 23.3. The number of likely N-dealkylation sites (tertiary alicyclic amines) is 1. The molecule has 1 saturated heterocycles. The second-order valence-electron chi connectivity index (χ2n) is 9.65. The van der Waals surface area contributed by atoms with Crippen molar-refractivity contribution in [3.63, 3.8) is 0 Å². The summed E-state index contributed by atoms with van der Waals surface area (Å²) in [5.74, 6) is 0.622. The van der Waals surface area contributed by atoms with Crippen molar-refractivity contribution < 1.29 is 14.7 Å². The minimum absolute atomic E-state index is 0.0509. The van der Waals surface area contributed by atoms with Crippen molar-refractivity contribution in [3.8, 4) is 11.1 Å². The zero-order valence-electron chi connectivity index (χ0n) is 17.8. The summed E-state index contributed by atoms with van der Waals surface area (Å²) in [5.41, 5.74) is 4.91. The summed E-state index contributed by atoms with van der Waals surface area (Å²) >= 11 is 0. The molecule has 1 aliphatic heterocycles. The lowest BCUT2D eigenvalue weighted by Gasteiger charge is -2.34. The van der Waals surface area contributed by atoms with Crippen LogP contribution in [-0.2, 0) is 4.79 Å². The lowest BCUT2D eigenvalue weighted by Crippen LogP contribution is -2.45. The number of Topliss-reactive ketones (excluding diaryl/α,β-unsaturated/α-hetero) is 1. The van der Waals surface area contributed by atoms with Gasteiger partial charge in [-0.25, -0.2) is 0 Å². The number of hydrogen-bond acceptors (Lipinski definition) is 3. The van der Waals surface area contributed by atoms with Crippen molar-refractivity contribution >= 4 is 11.7 Å². The van der Waals surface area contributed by atoms with Gasteiger partial charge >= 0.3 is 0 Å². The van der Waals surface area contributed by atoms with E-state index in [9.17, 15) is 14.7 Å². The highest BCUT2D eigenvalue weighted by Gasteiger charge is 2.57. The molecule has 2 saturated carbocycles. The van der Waals surface area contributed by atoms with E-state index in [0.29, 0.717) is 24.2 Å². The molecule has 3 aliphatic rings. The molecule has 0 radical (unpaired) electrons. The van der Waals surface area contributed by atoms with Gasteiger partial charge in [0.25, 0.3) is 5.91 Å². The van der Waals surface area contributed by atoms with Crippen molar-refractivity contribution in [3.05, 3.63) is 59.2 Å². The predicted molar refractivity (Wildman–Crippen MR) is 116 cm³/mol. The van der Waals surface area contributed by atoms with Gasteiger partial charge in [-0.3, -0.25) is 9.59 Å². The van der Waals surface area contributed by atoms with E-state index >= 15 is 0 Å². The first kappa shape index (κ1) is 19.5. The minimum Gasteiger partial charge on any atom is -0.380 e. The molecular weight excluding hydrogens is 374 g/mol. The van der Waals surface area contributed by atoms with E-state index in [2.05, 4.69) is 31.2 Å². The van der Waals surface area contributed by atoms with Gasteiger partial charge in [0.05, 0.1) is 0 Å². The number of amides is 1. The van der Waals surface area contributed by atoms with E-state index < -0.39 is 5.60 Å². The molecule has 1 N–H and O–H groups in total. The predicted octanol–water partition coefficient (Wildman–Crippen LogP) is 4.49. The number of carbonyl (C=O) groups excluding carboxylic acids is 2. The van der Waals surface area contributed by atoms with Gasteiger partial charge in [0.1, 0.15) is 5.60 Å². The highest BCUT2D eigenvalue weighted by atomic mass is 16.3. The maximum atomic E-state index is 12.4. The van der Waals surface area contributed by atoms with Crippen LogP contribution in [0.3, 0.4) is 0 Å². The number of benzene rings is 2. The van der Waals surface area contributed by atoms with Crippen LogP contribution in [-0.4, -0.2) is 40.4 Å². The summed E-state index contributed by atoms with van der Waals surface area (Å²) in [6.07, 6.45) is 4.52. The number of aryl methyl sites for hydroxylation is 1. The van der Waals surface area contributed by atoms with Crippen molar-refractivity contribution in [2.45, 2.75) is 57.5 Å². The summed E-state index contributed by atoms with van der Waals surface area (Å²) in [6.45, 7) is 5.20.